The molecule has 112 valence electrons. The molecule has 0 bridgehead atoms. The van der Waals surface area contributed by atoms with E-state index in [1.807, 2.05) is 10.8 Å². The van der Waals surface area contributed by atoms with Gasteiger partial charge in [-0.3, -0.25) is 4.79 Å². The van der Waals surface area contributed by atoms with Crippen LogP contribution in [-0.2, 0) is 11.4 Å². The van der Waals surface area contributed by atoms with Gasteiger partial charge in [0.1, 0.15) is 0 Å². The summed E-state index contributed by atoms with van der Waals surface area (Å²) >= 11 is 0. The molecule has 1 heterocycles. The first-order chi connectivity index (χ1) is 10.2. The van der Waals surface area contributed by atoms with E-state index in [4.69, 9.17) is 5.11 Å². The Hall–Kier alpha value is -2.14. The highest BCUT2D eigenvalue weighted by Gasteiger charge is 2.14. The van der Waals surface area contributed by atoms with Crippen molar-refractivity contribution < 1.29 is 9.90 Å². The standard InChI is InChI=1S/C16H21N3O2/c1-2-3-15(19-9-8-17-12-19)10-16(21)18-14-6-4-13(11-20)5-7-14/h4-9,12,15,20H,2-3,10-11H2,1H3,(H,18,21). The van der Waals surface area contributed by atoms with Gasteiger partial charge >= 0.3 is 0 Å². The minimum Gasteiger partial charge on any atom is -0.392 e. The fraction of sp³-hybridized carbons (Fsp3) is 0.375. The van der Waals surface area contributed by atoms with Gasteiger partial charge in [-0.15, -0.1) is 0 Å². The number of anilines is 1. The molecule has 1 aromatic carbocycles. The molecular formula is C16H21N3O2. The smallest absolute Gasteiger partial charge is 0.226 e. The van der Waals surface area contributed by atoms with Crippen LogP contribution in [0.4, 0.5) is 5.69 Å². The summed E-state index contributed by atoms with van der Waals surface area (Å²) in [5.41, 5.74) is 1.58. The van der Waals surface area contributed by atoms with Gasteiger partial charge in [0.25, 0.3) is 0 Å². The number of aliphatic hydroxyl groups excluding tert-OH is 1. The largest absolute Gasteiger partial charge is 0.392 e. The lowest BCUT2D eigenvalue weighted by Crippen LogP contribution is -2.18. The molecule has 5 heteroatoms. The normalized spacial score (nSPS) is 12.1. The number of carbonyl (C=O) groups excluding carboxylic acids is 1. The summed E-state index contributed by atoms with van der Waals surface area (Å²) < 4.78 is 1.98. The first kappa shape index (κ1) is 15.3. The molecule has 5 nitrogen and oxygen atoms in total. The first-order valence-electron chi connectivity index (χ1n) is 7.20. The van der Waals surface area contributed by atoms with Crippen LogP contribution >= 0.6 is 0 Å². The van der Waals surface area contributed by atoms with Gasteiger partial charge < -0.3 is 15.0 Å². The molecule has 2 aromatic rings. The van der Waals surface area contributed by atoms with Gasteiger partial charge in [0, 0.05) is 30.5 Å². The van der Waals surface area contributed by atoms with Crippen LogP contribution < -0.4 is 5.32 Å². The molecule has 0 aliphatic rings. The number of rotatable bonds is 7. The van der Waals surface area contributed by atoms with E-state index >= 15 is 0 Å². The van der Waals surface area contributed by atoms with Crippen LogP contribution in [0.5, 0.6) is 0 Å². The van der Waals surface area contributed by atoms with Gasteiger partial charge in [0.2, 0.25) is 5.91 Å². The Balaban J connectivity index is 1.95. The molecule has 0 radical (unpaired) electrons. The molecule has 1 amide bonds. The van der Waals surface area contributed by atoms with Gasteiger partial charge in [-0.1, -0.05) is 25.5 Å². The van der Waals surface area contributed by atoms with Crippen molar-refractivity contribution in [2.75, 3.05) is 5.32 Å². The van der Waals surface area contributed by atoms with Gasteiger partial charge in [0.05, 0.1) is 12.9 Å². The van der Waals surface area contributed by atoms with Crippen molar-refractivity contribution in [2.45, 2.75) is 38.8 Å². The summed E-state index contributed by atoms with van der Waals surface area (Å²) in [6, 6.07) is 7.34. The second-order valence-electron chi connectivity index (χ2n) is 5.06. The summed E-state index contributed by atoms with van der Waals surface area (Å²) in [5, 5.41) is 11.9. The molecule has 1 atom stereocenters. The van der Waals surface area contributed by atoms with Crippen molar-refractivity contribution in [3.05, 3.63) is 48.5 Å². The van der Waals surface area contributed by atoms with Crippen molar-refractivity contribution in [2.24, 2.45) is 0 Å². The Kier molecular flexibility index (Phi) is 5.51. The number of nitrogens with zero attached hydrogens (tertiary/aromatic N) is 2. The monoisotopic (exact) mass is 287 g/mol. The predicted octanol–water partition coefficient (Wildman–Crippen LogP) is 2.75. The van der Waals surface area contributed by atoms with E-state index in [1.54, 1.807) is 36.8 Å². The van der Waals surface area contributed by atoms with E-state index in [0.29, 0.717) is 6.42 Å². The average Bonchev–Trinajstić information content (AvgIpc) is 3.02. The van der Waals surface area contributed by atoms with Gasteiger partial charge in [-0.2, -0.15) is 0 Å². The number of aliphatic hydroxyl groups is 1. The third kappa shape index (κ3) is 4.43. The zero-order valence-electron chi connectivity index (χ0n) is 12.2. The highest BCUT2D eigenvalue weighted by molar-refractivity contribution is 5.90. The second kappa shape index (κ2) is 7.59. The molecule has 21 heavy (non-hydrogen) atoms. The zero-order valence-corrected chi connectivity index (χ0v) is 12.2. The second-order valence-corrected chi connectivity index (χ2v) is 5.06. The van der Waals surface area contributed by atoms with Crippen LogP contribution in [0.25, 0.3) is 0 Å². The fourth-order valence-corrected chi connectivity index (χ4v) is 2.29. The molecule has 0 aliphatic carbocycles. The number of hydrogen-bond donors (Lipinski definition) is 2. The van der Waals surface area contributed by atoms with Crippen molar-refractivity contribution in [3.63, 3.8) is 0 Å². The highest BCUT2D eigenvalue weighted by atomic mass is 16.3. The molecule has 0 saturated carbocycles. The maximum atomic E-state index is 12.2. The van der Waals surface area contributed by atoms with E-state index in [-0.39, 0.29) is 18.6 Å². The SMILES string of the molecule is CCCC(CC(=O)Nc1ccc(CO)cc1)n1ccnc1. The number of nitrogens with one attached hydrogen (secondary N) is 1. The van der Waals surface area contributed by atoms with Crippen LogP contribution in [0.3, 0.4) is 0 Å². The fourth-order valence-electron chi connectivity index (χ4n) is 2.29. The van der Waals surface area contributed by atoms with Crippen LogP contribution in [0.15, 0.2) is 43.0 Å². The molecule has 0 spiro atoms. The quantitative estimate of drug-likeness (QED) is 0.823. The lowest BCUT2D eigenvalue weighted by molar-refractivity contribution is -0.117. The molecule has 0 fully saturated rings. The molecule has 1 aromatic heterocycles. The minimum absolute atomic E-state index is 0.00737. The number of benzene rings is 1. The highest BCUT2D eigenvalue weighted by Crippen LogP contribution is 2.19. The summed E-state index contributed by atoms with van der Waals surface area (Å²) in [6.07, 6.45) is 7.75. The van der Waals surface area contributed by atoms with Crippen molar-refractivity contribution in [1.29, 1.82) is 0 Å². The number of imidazole rings is 1. The first-order valence-corrected chi connectivity index (χ1v) is 7.20. The predicted molar refractivity (Wildman–Crippen MR) is 81.8 cm³/mol. The average molecular weight is 287 g/mol. The molecule has 0 aliphatic heterocycles. The summed E-state index contributed by atoms with van der Waals surface area (Å²) in [4.78, 5) is 16.2. The summed E-state index contributed by atoms with van der Waals surface area (Å²) in [7, 11) is 0. The Morgan fingerprint density at radius 2 is 2.14 bits per heavy atom. The van der Waals surface area contributed by atoms with E-state index in [2.05, 4.69) is 17.2 Å². The maximum Gasteiger partial charge on any atom is 0.226 e. The van der Waals surface area contributed by atoms with Crippen LogP contribution in [0, 0.1) is 0 Å². The van der Waals surface area contributed by atoms with Crippen LogP contribution in [-0.4, -0.2) is 20.6 Å². The Labute approximate surface area is 124 Å². The summed E-state index contributed by atoms with van der Waals surface area (Å²) in [6.45, 7) is 2.11. The number of hydrogen-bond acceptors (Lipinski definition) is 3. The Morgan fingerprint density at radius 3 is 2.71 bits per heavy atom. The molecule has 2 rings (SSSR count). The molecule has 0 saturated heterocycles. The van der Waals surface area contributed by atoms with Crippen LogP contribution in [0.2, 0.25) is 0 Å². The maximum absolute atomic E-state index is 12.2. The lowest BCUT2D eigenvalue weighted by atomic mass is 10.1. The van der Waals surface area contributed by atoms with Gasteiger partial charge in [-0.05, 0) is 24.1 Å². The summed E-state index contributed by atoms with van der Waals surface area (Å²) in [5.74, 6) is -0.0149. The molecular weight excluding hydrogens is 266 g/mol. The van der Waals surface area contributed by atoms with E-state index < -0.39 is 0 Å². The van der Waals surface area contributed by atoms with Crippen molar-refractivity contribution in [1.82, 2.24) is 9.55 Å². The van der Waals surface area contributed by atoms with Crippen molar-refractivity contribution in [3.8, 4) is 0 Å². The number of amides is 1. The minimum atomic E-state index is -0.0149. The Morgan fingerprint density at radius 1 is 1.38 bits per heavy atom. The van der Waals surface area contributed by atoms with E-state index in [9.17, 15) is 4.79 Å². The lowest BCUT2D eigenvalue weighted by Gasteiger charge is -2.17. The third-order valence-corrected chi connectivity index (χ3v) is 3.41. The number of carbonyl (C=O) groups is 1. The number of aromatic nitrogens is 2. The third-order valence-electron chi connectivity index (χ3n) is 3.41. The van der Waals surface area contributed by atoms with Gasteiger partial charge in [0.15, 0.2) is 0 Å². The zero-order chi connectivity index (χ0) is 15.1. The Bertz CT molecular complexity index is 549. The van der Waals surface area contributed by atoms with E-state index in [0.717, 1.165) is 24.1 Å². The molecule has 1 unspecified atom stereocenters. The van der Waals surface area contributed by atoms with Crippen LogP contribution in [0.1, 0.15) is 37.8 Å². The molecule has 2 N–H and O–H groups in total. The van der Waals surface area contributed by atoms with Crippen molar-refractivity contribution >= 4 is 11.6 Å². The topological polar surface area (TPSA) is 67.2 Å². The van der Waals surface area contributed by atoms with E-state index in [1.165, 1.54) is 0 Å². The van der Waals surface area contributed by atoms with Gasteiger partial charge in [-0.25, -0.2) is 4.98 Å².